The smallest absolute Gasteiger partial charge is 0.316 e. The van der Waals surface area contributed by atoms with Crippen LogP contribution in [0.5, 0.6) is 11.5 Å². The summed E-state index contributed by atoms with van der Waals surface area (Å²) in [4.78, 5) is 23.5. The van der Waals surface area contributed by atoms with E-state index in [0.717, 1.165) is 5.56 Å². The molecule has 0 fully saturated rings. The van der Waals surface area contributed by atoms with Gasteiger partial charge in [-0.1, -0.05) is 6.07 Å². The summed E-state index contributed by atoms with van der Waals surface area (Å²) in [6.07, 6.45) is 3.09. The number of benzene rings is 1. The summed E-state index contributed by atoms with van der Waals surface area (Å²) in [5, 5.41) is 0. The van der Waals surface area contributed by atoms with Crippen molar-refractivity contribution in [1.82, 2.24) is 9.13 Å². The van der Waals surface area contributed by atoms with Gasteiger partial charge in [-0.15, -0.1) is 0 Å². The molecule has 1 aliphatic heterocycles. The van der Waals surface area contributed by atoms with E-state index < -0.39 is 17.2 Å². The van der Waals surface area contributed by atoms with Crippen molar-refractivity contribution in [3.05, 3.63) is 56.9 Å². The van der Waals surface area contributed by atoms with Crippen molar-refractivity contribution >= 4 is 0 Å². The Morgan fingerprint density at radius 1 is 1.19 bits per heavy atom. The van der Waals surface area contributed by atoms with Crippen LogP contribution in [0.1, 0.15) is 11.6 Å². The van der Waals surface area contributed by atoms with Crippen LogP contribution < -0.4 is 26.3 Å². The van der Waals surface area contributed by atoms with Crippen LogP contribution in [0.2, 0.25) is 0 Å². The van der Waals surface area contributed by atoms with Gasteiger partial charge in [0.25, 0.3) is 0 Å². The second kappa shape index (κ2) is 5.10. The second-order valence-electron chi connectivity index (χ2n) is 4.89. The molecule has 2 aromatic rings. The van der Waals surface area contributed by atoms with Crippen LogP contribution in [0.3, 0.4) is 0 Å². The van der Waals surface area contributed by atoms with Gasteiger partial charge < -0.3 is 24.3 Å². The van der Waals surface area contributed by atoms with Crippen LogP contribution in [0.15, 0.2) is 40.2 Å². The van der Waals surface area contributed by atoms with Gasteiger partial charge in [0.05, 0.1) is 0 Å². The third kappa shape index (κ3) is 2.43. The minimum atomic E-state index is -0.587. The Balaban J connectivity index is 1.87. The zero-order valence-electron chi connectivity index (χ0n) is 11.5. The first-order valence-corrected chi connectivity index (χ1v) is 6.47. The highest BCUT2D eigenvalue weighted by atomic mass is 16.7. The molecular formula is C14H15N3O4. The molecule has 1 aromatic carbocycles. The summed E-state index contributed by atoms with van der Waals surface area (Å²) in [5.41, 5.74) is 5.76. The molecule has 0 saturated heterocycles. The largest absolute Gasteiger partial charge is 0.454 e. The van der Waals surface area contributed by atoms with Crippen LogP contribution in [-0.2, 0) is 13.6 Å². The summed E-state index contributed by atoms with van der Waals surface area (Å²) >= 11 is 0. The van der Waals surface area contributed by atoms with Gasteiger partial charge in [-0.3, -0.25) is 9.59 Å². The molecule has 110 valence electrons. The Hall–Kier alpha value is -2.54. The van der Waals surface area contributed by atoms with Crippen LogP contribution in [-0.4, -0.2) is 15.9 Å². The molecule has 2 N–H and O–H groups in total. The number of hydrogen-bond acceptors (Lipinski definition) is 5. The zero-order chi connectivity index (χ0) is 15.0. The van der Waals surface area contributed by atoms with Gasteiger partial charge >= 0.3 is 11.1 Å². The third-order valence-electron chi connectivity index (χ3n) is 3.45. The summed E-state index contributed by atoms with van der Waals surface area (Å²) < 4.78 is 13.1. The molecule has 0 amide bonds. The summed E-state index contributed by atoms with van der Waals surface area (Å²) in [7, 11) is 1.53. The predicted molar refractivity (Wildman–Crippen MR) is 75.4 cm³/mol. The van der Waals surface area contributed by atoms with E-state index in [-0.39, 0.29) is 13.3 Å². The van der Waals surface area contributed by atoms with Crippen LogP contribution >= 0.6 is 0 Å². The lowest BCUT2D eigenvalue weighted by Crippen LogP contribution is -2.40. The first-order chi connectivity index (χ1) is 10.1. The van der Waals surface area contributed by atoms with Crippen molar-refractivity contribution in [2.24, 2.45) is 12.8 Å². The van der Waals surface area contributed by atoms with E-state index in [1.807, 2.05) is 6.07 Å². The van der Waals surface area contributed by atoms with Crippen molar-refractivity contribution in [3.63, 3.8) is 0 Å². The van der Waals surface area contributed by atoms with Crippen molar-refractivity contribution < 1.29 is 9.47 Å². The topological polar surface area (TPSA) is 88.5 Å². The number of ether oxygens (including phenoxy) is 2. The molecule has 0 radical (unpaired) electrons. The number of rotatable bonds is 3. The fourth-order valence-electron chi connectivity index (χ4n) is 2.19. The fraction of sp³-hybridized carbons (Fsp3) is 0.286. The molecule has 21 heavy (non-hydrogen) atoms. The zero-order valence-corrected chi connectivity index (χ0v) is 11.5. The van der Waals surface area contributed by atoms with E-state index in [1.54, 1.807) is 18.3 Å². The maximum Gasteiger partial charge on any atom is 0.316 e. The number of hydrogen-bond donors (Lipinski definition) is 1. The first-order valence-electron chi connectivity index (χ1n) is 6.47. The molecule has 0 aliphatic carbocycles. The molecule has 1 unspecified atom stereocenters. The normalized spacial score (nSPS) is 14.2. The summed E-state index contributed by atoms with van der Waals surface area (Å²) in [6, 6.07) is 4.97. The molecule has 3 rings (SSSR count). The maximum atomic E-state index is 11.9. The average molecular weight is 289 g/mol. The molecule has 7 nitrogen and oxygen atoms in total. The number of nitrogens with two attached hydrogens (primary N) is 1. The van der Waals surface area contributed by atoms with Gasteiger partial charge in [-0.2, -0.15) is 0 Å². The SMILES string of the molecule is Cn1ccn(CC(N)c2ccc3c(c2)OCO3)c(=O)c1=O. The minimum Gasteiger partial charge on any atom is -0.454 e. The molecule has 2 heterocycles. The quantitative estimate of drug-likeness (QED) is 0.802. The summed E-state index contributed by atoms with van der Waals surface area (Å²) in [6.45, 7) is 0.413. The molecule has 0 bridgehead atoms. The highest BCUT2D eigenvalue weighted by Gasteiger charge is 2.16. The van der Waals surface area contributed by atoms with Gasteiger partial charge in [0.15, 0.2) is 11.5 Å². The van der Waals surface area contributed by atoms with Gasteiger partial charge in [-0.05, 0) is 17.7 Å². The first kappa shape index (κ1) is 13.4. The number of aromatic nitrogens is 2. The molecule has 1 aromatic heterocycles. The van der Waals surface area contributed by atoms with E-state index in [1.165, 1.54) is 22.4 Å². The Kier molecular flexibility index (Phi) is 3.26. The van der Waals surface area contributed by atoms with Crippen molar-refractivity contribution in [2.45, 2.75) is 12.6 Å². The minimum absolute atomic E-state index is 0.197. The van der Waals surface area contributed by atoms with E-state index in [9.17, 15) is 9.59 Å². The lowest BCUT2D eigenvalue weighted by Gasteiger charge is -2.14. The van der Waals surface area contributed by atoms with Gasteiger partial charge in [-0.25, -0.2) is 0 Å². The maximum absolute atomic E-state index is 11.9. The van der Waals surface area contributed by atoms with Gasteiger partial charge in [0, 0.05) is 32.0 Å². The van der Waals surface area contributed by atoms with Crippen LogP contribution in [0, 0.1) is 0 Å². The molecule has 1 atom stereocenters. The average Bonchev–Trinajstić information content (AvgIpc) is 2.95. The number of fused-ring (bicyclic) bond motifs is 1. The lowest BCUT2D eigenvalue weighted by molar-refractivity contribution is 0.174. The Labute approximate surface area is 120 Å². The Morgan fingerprint density at radius 3 is 2.76 bits per heavy atom. The van der Waals surface area contributed by atoms with Gasteiger partial charge in [0.1, 0.15) is 0 Å². The molecule has 0 spiro atoms. The van der Waals surface area contributed by atoms with E-state index in [2.05, 4.69) is 0 Å². The number of nitrogens with zero attached hydrogens (tertiary/aromatic N) is 2. The molecular weight excluding hydrogens is 274 g/mol. The van der Waals surface area contributed by atoms with Crippen molar-refractivity contribution in [2.75, 3.05) is 6.79 Å². The summed E-state index contributed by atoms with van der Waals surface area (Å²) in [5.74, 6) is 1.32. The fourth-order valence-corrected chi connectivity index (χ4v) is 2.19. The van der Waals surface area contributed by atoms with E-state index in [4.69, 9.17) is 15.2 Å². The molecule has 7 heteroatoms. The Bertz CT molecular complexity index is 794. The standard InChI is InChI=1S/C14H15N3O4/c1-16-4-5-17(14(19)13(16)18)7-10(15)9-2-3-11-12(6-9)21-8-20-11/h2-6,10H,7-8,15H2,1H3. The van der Waals surface area contributed by atoms with Crippen molar-refractivity contribution in [3.8, 4) is 11.5 Å². The van der Waals surface area contributed by atoms with Crippen LogP contribution in [0.4, 0.5) is 0 Å². The Morgan fingerprint density at radius 2 is 1.95 bits per heavy atom. The number of aryl methyl sites for hydroxylation is 1. The highest BCUT2D eigenvalue weighted by Crippen LogP contribution is 2.33. The lowest BCUT2D eigenvalue weighted by atomic mass is 10.1. The molecule has 1 aliphatic rings. The second-order valence-corrected chi connectivity index (χ2v) is 4.89. The predicted octanol–water partition coefficient (Wildman–Crippen LogP) is -0.0243. The van der Waals surface area contributed by atoms with E-state index >= 15 is 0 Å². The highest BCUT2D eigenvalue weighted by molar-refractivity contribution is 5.45. The van der Waals surface area contributed by atoms with Crippen LogP contribution in [0.25, 0.3) is 0 Å². The van der Waals surface area contributed by atoms with Gasteiger partial charge in [0.2, 0.25) is 6.79 Å². The molecule has 0 saturated carbocycles. The van der Waals surface area contributed by atoms with Crippen molar-refractivity contribution in [1.29, 1.82) is 0 Å². The third-order valence-corrected chi connectivity index (χ3v) is 3.45. The van der Waals surface area contributed by atoms with E-state index in [0.29, 0.717) is 11.5 Å². The monoisotopic (exact) mass is 289 g/mol.